The van der Waals surface area contributed by atoms with Gasteiger partial charge in [0.2, 0.25) is 0 Å². The molecule has 1 amide bonds. The molecule has 1 aliphatic rings. The van der Waals surface area contributed by atoms with Crippen molar-refractivity contribution >= 4 is 5.91 Å². The SMILES string of the molecule is N[C@H]1CCN(C(=O)c2cn(-c3ccc(C(F)(F)F)cn3)nn2)C1. The number of likely N-dealkylation sites (tertiary alicyclic amines) is 1. The Balaban J connectivity index is 1.78. The number of aromatic nitrogens is 4. The lowest BCUT2D eigenvalue weighted by Crippen LogP contribution is -2.32. The van der Waals surface area contributed by atoms with E-state index in [0.29, 0.717) is 19.3 Å². The molecule has 3 rings (SSSR count). The highest BCUT2D eigenvalue weighted by Crippen LogP contribution is 2.28. The lowest BCUT2D eigenvalue weighted by Gasteiger charge is -2.13. The normalized spacial score (nSPS) is 18.4. The number of hydrogen-bond donors (Lipinski definition) is 1. The van der Waals surface area contributed by atoms with Crippen LogP contribution in [0.25, 0.3) is 5.82 Å². The Morgan fingerprint density at radius 2 is 2.13 bits per heavy atom. The number of carbonyl (C=O) groups excluding carboxylic acids is 1. The van der Waals surface area contributed by atoms with Crippen LogP contribution in [0.5, 0.6) is 0 Å². The zero-order chi connectivity index (χ0) is 16.6. The third kappa shape index (κ3) is 3.16. The summed E-state index contributed by atoms with van der Waals surface area (Å²) in [5.74, 6) is -0.168. The first-order valence-corrected chi connectivity index (χ1v) is 6.85. The predicted molar refractivity (Wildman–Crippen MR) is 72.7 cm³/mol. The fraction of sp³-hybridized carbons (Fsp3) is 0.385. The largest absolute Gasteiger partial charge is 0.417 e. The molecule has 3 heterocycles. The predicted octanol–water partition coefficient (Wildman–Crippen LogP) is 0.854. The Hall–Kier alpha value is -2.49. The summed E-state index contributed by atoms with van der Waals surface area (Å²) in [5, 5.41) is 7.49. The summed E-state index contributed by atoms with van der Waals surface area (Å²) in [6.07, 6.45) is -1.69. The van der Waals surface area contributed by atoms with Crippen molar-refractivity contribution in [3.63, 3.8) is 0 Å². The average molecular weight is 326 g/mol. The number of nitrogens with zero attached hydrogens (tertiary/aromatic N) is 5. The van der Waals surface area contributed by atoms with E-state index in [1.54, 1.807) is 4.90 Å². The van der Waals surface area contributed by atoms with Crippen molar-refractivity contribution in [2.24, 2.45) is 5.73 Å². The first kappa shape index (κ1) is 15.4. The maximum atomic E-state index is 12.5. The van der Waals surface area contributed by atoms with E-state index in [-0.39, 0.29) is 23.5 Å². The molecule has 2 aromatic heterocycles. The highest BCUT2D eigenvalue weighted by atomic mass is 19.4. The minimum atomic E-state index is -4.45. The Labute approximate surface area is 128 Å². The monoisotopic (exact) mass is 326 g/mol. The van der Waals surface area contributed by atoms with Crippen LogP contribution < -0.4 is 5.73 Å². The van der Waals surface area contributed by atoms with Gasteiger partial charge in [-0.3, -0.25) is 4.79 Å². The molecule has 0 saturated carbocycles. The minimum Gasteiger partial charge on any atom is -0.336 e. The first-order valence-electron chi connectivity index (χ1n) is 6.85. The van der Waals surface area contributed by atoms with Gasteiger partial charge < -0.3 is 10.6 Å². The lowest BCUT2D eigenvalue weighted by molar-refractivity contribution is -0.137. The topological polar surface area (TPSA) is 89.9 Å². The molecule has 2 aromatic rings. The second-order valence-electron chi connectivity index (χ2n) is 5.25. The highest BCUT2D eigenvalue weighted by Gasteiger charge is 2.31. The van der Waals surface area contributed by atoms with E-state index in [4.69, 9.17) is 5.73 Å². The van der Waals surface area contributed by atoms with Crippen molar-refractivity contribution < 1.29 is 18.0 Å². The van der Waals surface area contributed by atoms with E-state index in [2.05, 4.69) is 15.3 Å². The van der Waals surface area contributed by atoms with Gasteiger partial charge in [0, 0.05) is 25.3 Å². The molecule has 7 nitrogen and oxygen atoms in total. The Morgan fingerprint density at radius 1 is 1.35 bits per heavy atom. The molecule has 0 unspecified atom stereocenters. The van der Waals surface area contributed by atoms with E-state index in [1.807, 2.05) is 0 Å². The van der Waals surface area contributed by atoms with Crippen LogP contribution in [0.4, 0.5) is 13.2 Å². The van der Waals surface area contributed by atoms with E-state index in [0.717, 1.165) is 23.2 Å². The first-order chi connectivity index (χ1) is 10.8. The van der Waals surface area contributed by atoms with Crippen LogP contribution in [-0.2, 0) is 6.18 Å². The van der Waals surface area contributed by atoms with Gasteiger partial charge in [-0.2, -0.15) is 13.2 Å². The Morgan fingerprint density at radius 3 is 2.70 bits per heavy atom. The summed E-state index contributed by atoms with van der Waals surface area (Å²) in [5.41, 5.74) is 4.99. The van der Waals surface area contributed by atoms with Crippen LogP contribution in [0.2, 0.25) is 0 Å². The lowest BCUT2D eigenvalue weighted by atomic mass is 10.3. The van der Waals surface area contributed by atoms with Crippen LogP contribution in [0, 0.1) is 0 Å². The molecule has 1 aliphatic heterocycles. The van der Waals surface area contributed by atoms with Gasteiger partial charge in [0.05, 0.1) is 11.8 Å². The van der Waals surface area contributed by atoms with Gasteiger partial charge in [-0.1, -0.05) is 5.21 Å². The average Bonchev–Trinajstić information content (AvgIpc) is 3.15. The summed E-state index contributed by atoms with van der Waals surface area (Å²) in [6, 6.07) is 2.01. The molecule has 1 saturated heterocycles. The van der Waals surface area contributed by atoms with Crippen molar-refractivity contribution in [2.75, 3.05) is 13.1 Å². The molecule has 0 radical (unpaired) electrons. The van der Waals surface area contributed by atoms with E-state index >= 15 is 0 Å². The van der Waals surface area contributed by atoms with E-state index in [9.17, 15) is 18.0 Å². The summed E-state index contributed by atoms with van der Waals surface area (Å²) in [4.78, 5) is 17.5. The van der Waals surface area contributed by atoms with Crippen molar-refractivity contribution in [3.05, 3.63) is 35.8 Å². The van der Waals surface area contributed by atoms with Gasteiger partial charge in [0.25, 0.3) is 5.91 Å². The number of alkyl halides is 3. The second-order valence-corrected chi connectivity index (χ2v) is 5.25. The van der Waals surface area contributed by atoms with Crippen LogP contribution in [0.15, 0.2) is 24.5 Å². The third-order valence-electron chi connectivity index (χ3n) is 3.53. The molecule has 0 aromatic carbocycles. The highest BCUT2D eigenvalue weighted by molar-refractivity contribution is 5.92. The molecule has 0 aliphatic carbocycles. The van der Waals surface area contributed by atoms with Gasteiger partial charge in [-0.25, -0.2) is 9.67 Å². The fourth-order valence-corrected chi connectivity index (χ4v) is 2.30. The molecule has 23 heavy (non-hydrogen) atoms. The molecule has 10 heteroatoms. The van der Waals surface area contributed by atoms with Crippen molar-refractivity contribution in [1.29, 1.82) is 0 Å². The number of pyridine rings is 1. The van der Waals surface area contributed by atoms with Crippen LogP contribution in [0.1, 0.15) is 22.5 Å². The zero-order valence-corrected chi connectivity index (χ0v) is 11.9. The fourth-order valence-electron chi connectivity index (χ4n) is 2.30. The summed E-state index contributed by atoms with van der Waals surface area (Å²) in [6.45, 7) is 0.996. The maximum Gasteiger partial charge on any atom is 0.417 e. The molecule has 0 bridgehead atoms. The second kappa shape index (κ2) is 5.61. The molecule has 0 spiro atoms. The molecule has 1 fully saturated rings. The van der Waals surface area contributed by atoms with E-state index in [1.165, 1.54) is 6.20 Å². The smallest absolute Gasteiger partial charge is 0.336 e. The number of carbonyl (C=O) groups is 1. The van der Waals surface area contributed by atoms with Crippen molar-refractivity contribution in [2.45, 2.75) is 18.6 Å². The number of rotatable bonds is 2. The van der Waals surface area contributed by atoms with Crippen molar-refractivity contribution in [3.8, 4) is 5.82 Å². The number of amides is 1. The summed E-state index contributed by atoms with van der Waals surface area (Å²) < 4.78 is 38.7. The third-order valence-corrected chi connectivity index (χ3v) is 3.53. The molecule has 2 N–H and O–H groups in total. The maximum absolute atomic E-state index is 12.5. The quantitative estimate of drug-likeness (QED) is 0.884. The van der Waals surface area contributed by atoms with Crippen LogP contribution in [0.3, 0.4) is 0 Å². The number of nitrogens with two attached hydrogens (primary N) is 1. The number of halogens is 3. The molecule has 122 valence electrons. The van der Waals surface area contributed by atoms with Gasteiger partial charge in [0.15, 0.2) is 11.5 Å². The summed E-state index contributed by atoms with van der Waals surface area (Å²) >= 11 is 0. The van der Waals surface area contributed by atoms with Gasteiger partial charge in [0.1, 0.15) is 0 Å². The standard InChI is InChI=1S/C13H13F3N6O/c14-13(15,16)8-1-2-11(18-5-8)22-7-10(19-20-22)12(23)21-4-3-9(17)6-21/h1-2,5,7,9H,3-4,6,17H2/t9-/m0/s1. The van der Waals surface area contributed by atoms with Gasteiger partial charge >= 0.3 is 6.18 Å². The molecular formula is C13H13F3N6O. The summed E-state index contributed by atoms with van der Waals surface area (Å²) in [7, 11) is 0. The van der Waals surface area contributed by atoms with Crippen LogP contribution >= 0.6 is 0 Å². The Kier molecular flexibility index (Phi) is 3.76. The van der Waals surface area contributed by atoms with Gasteiger partial charge in [-0.15, -0.1) is 5.10 Å². The molecular weight excluding hydrogens is 313 g/mol. The van der Waals surface area contributed by atoms with Crippen molar-refractivity contribution in [1.82, 2.24) is 24.9 Å². The minimum absolute atomic E-state index is 0.0504. The number of hydrogen-bond acceptors (Lipinski definition) is 5. The Bertz CT molecular complexity index is 711. The van der Waals surface area contributed by atoms with Crippen LogP contribution in [-0.4, -0.2) is 49.9 Å². The zero-order valence-electron chi connectivity index (χ0n) is 11.9. The van der Waals surface area contributed by atoms with E-state index < -0.39 is 11.7 Å². The van der Waals surface area contributed by atoms with Gasteiger partial charge in [-0.05, 0) is 18.6 Å². The molecule has 1 atom stereocenters.